The number of aromatic nitrogens is 5. The van der Waals surface area contributed by atoms with E-state index >= 15 is 0 Å². The maximum atomic E-state index is 13.3. The first-order valence-electron chi connectivity index (χ1n) is 46.4. The smallest absolute Gasteiger partial charge is 0.409 e. The Labute approximate surface area is 883 Å². The average Bonchev–Trinajstić information content (AvgIpc) is 1.60. The van der Waals surface area contributed by atoms with E-state index in [-0.39, 0.29) is 112 Å². The van der Waals surface area contributed by atoms with Crippen molar-refractivity contribution >= 4 is 180 Å². The first-order valence-corrected chi connectivity index (χ1v) is 51.7. The number of ether oxygens (including phenoxy) is 2. The van der Waals surface area contributed by atoms with Crippen LogP contribution in [-0.2, 0) is 94.5 Å². The summed E-state index contributed by atoms with van der Waals surface area (Å²) in [4.78, 5) is 147. The third-order valence-corrected chi connectivity index (χ3v) is 30.5. The molecule has 760 valence electrons. The molecule has 5 aromatic heterocycles. The Hall–Kier alpha value is -10.7. The van der Waals surface area contributed by atoms with E-state index in [4.69, 9.17) is 154 Å². The Morgan fingerprint density at radius 1 is 0.389 bits per heavy atom. The minimum atomic E-state index is -3.29. The maximum absolute atomic E-state index is 13.3. The number of rotatable bonds is 28. The zero-order valence-corrected chi connectivity index (χ0v) is 88.2. The highest BCUT2D eigenvalue weighted by Gasteiger charge is 2.43. The van der Waals surface area contributed by atoms with Gasteiger partial charge >= 0.3 is 12.2 Å². The molecular weight excluding hydrogens is 2080 g/mol. The summed E-state index contributed by atoms with van der Waals surface area (Å²) < 4.78 is 36.4. The zero-order chi connectivity index (χ0) is 104. The number of benzene rings is 5. The number of hydrogen-bond donors (Lipinski definition) is 8. The van der Waals surface area contributed by atoms with Crippen LogP contribution >= 0.6 is 116 Å². The van der Waals surface area contributed by atoms with Crippen LogP contribution < -0.4 is 44.0 Å². The van der Waals surface area contributed by atoms with Crippen molar-refractivity contribution in [2.75, 3.05) is 91.8 Å². The number of nitrogens with zero attached hydrogens (tertiary/aromatic N) is 12. The molecule has 13 N–H and O–H groups in total. The molecule has 0 radical (unpaired) electrons. The molecule has 33 nitrogen and oxygen atoms in total. The summed E-state index contributed by atoms with van der Waals surface area (Å²) in [6.45, 7) is 21.1. The fraction of sp³-hybridized carbons (Fsp3) is 0.360. The highest BCUT2D eigenvalue weighted by molar-refractivity contribution is 7.90. The van der Waals surface area contributed by atoms with E-state index in [9.17, 15) is 51.6 Å². The van der Waals surface area contributed by atoms with Gasteiger partial charge in [0.15, 0.2) is 0 Å². The summed E-state index contributed by atoms with van der Waals surface area (Å²) in [6.07, 6.45) is 2.01. The van der Waals surface area contributed by atoms with Crippen molar-refractivity contribution in [3.05, 3.63) is 254 Å². The van der Waals surface area contributed by atoms with E-state index in [0.717, 1.165) is 86.1 Å². The minimum Gasteiger partial charge on any atom is -0.450 e. The highest BCUT2D eigenvalue weighted by atomic mass is 35.5. The minimum absolute atomic E-state index is 0.102. The molecule has 1 aliphatic carbocycles. The van der Waals surface area contributed by atoms with Crippen LogP contribution in [0.2, 0.25) is 50.2 Å². The number of amides is 9. The molecule has 0 spiro atoms. The molecular formula is C100H106Cl10N20O13S. The van der Waals surface area contributed by atoms with Gasteiger partial charge in [-0.1, -0.05) is 146 Å². The van der Waals surface area contributed by atoms with Crippen molar-refractivity contribution in [2.24, 2.45) is 28.7 Å². The normalized spacial score (nSPS) is 14.9. The Kier molecular flexibility index (Phi) is 35.9. The van der Waals surface area contributed by atoms with Crippen LogP contribution in [0.3, 0.4) is 0 Å². The molecule has 44 heteroatoms. The van der Waals surface area contributed by atoms with Crippen LogP contribution in [0.15, 0.2) is 91.0 Å². The predicted molar refractivity (Wildman–Crippen MR) is 558 cm³/mol. The van der Waals surface area contributed by atoms with Crippen LogP contribution in [0.4, 0.5) is 9.59 Å². The lowest BCUT2D eigenvalue weighted by atomic mass is 9.93. The first kappa shape index (κ1) is 109. The number of nitrogens with one attached hydrogen (secondary N) is 3. The van der Waals surface area contributed by atoms with Gasteiger partial charge in [-0.15, -0.1) is 0 Å². The zero-order valence-electron chi connectivity index (χ0n) is 79.8. The highest BCUT2D eigenvalue weighted by Crippen LogP contribution is 2.47. The quantitative estimate of drug-likeness (QED) is 0.0226. The van der Waals surface area contributed by atoms with E-state index in [1.54, 1.807) is 121 Å². The van der Waals surface area contributed by atoms with E-state index < -0.39 is 16.1 Å². The van der Waals surface area contributed by atoms with Crippen molar-refractivity contribution in [1.29, 1.82) is 0 Å². The molecule has 144 heavy (non-hydrogen) atoms. The molecule has 1 saturated carbocycles. The molecule has 10 aromatic rings. The summed E-state index contributed by atoms with van der Waals surface area (Å²) in [5, 5.41) is 9.83. The number of fused-ring (bicyclic) bond motifs is 5. The molecule has 3 fully saturated rings. The molecule has 18 rings (SSSR count). The lowest BCUT2D eigenvalue weighted by molar-refractivity contribution is -0.127. The Bertz CT molecular complexity index is 6760. The molecule has 5 aromatic carbocycles. The van der Waals surface area contributed by atoms with Gasteiger partial charge in [-0.05, 0) is 149 Å². The molecule has 9 amide bonds. The summed E-state index contributed by atoms with van der Waals surface area (Å²) in [6, 6.07) is 25.9. The van der Waals surface area contributed by atoms with Gasteiger partial charge in [-0.25, -0.2) is 22.7 Å². The van der Waals surface area contributed by atoms with Gasteiger partial charge in [-0.3, -0.25) is 58.5 Å². The lowest BCUT2D eigenvalue weighted by Crippen LogP contribution is -2.36. The summed E-state index contributed by atoms with van der Waals surface area (Å²) >= 11 is 62.5. The molecule has 0 unspecified atom stereocenters. The first-order chi connectivity index (χ1) is 68.7. The number of halogens is 10. The Morgan fingerprint density at radius 2 is 0.667 bits per heavy atom. The maximum Gasteiger partial charge on any atom is 0.409 e. The van der Waals surface area contributed by atoms with Crippen molar-refractivity contribution in [3.63, 3.8) is 0 Å². The number of carbonyl (C=O) groups is 9. The van der Waals surface area contributed by atoms with Gasteiger partial charge in [0.1, 0.15) is 6.61 Å². The van der Waals surface area contributed by atoms with Gasteiger partial charge in [0, 0.05) is 252 Å². The fourth-order valence-electron chi connectivity index (χ4n) is 18.6. The number of sulfonamides is 1. The summed E-state index contributed by atoms with van der Waals surface area (Å²) in [7, 11) is -3.29. The average molecular weight is 2180 g/mol. The molecule has 12 heterocycles. The van der Waals surface area contributed by atoms with Crippen LogP contribution in [-0.4, -0.2) is 218 Å². The van der Waals surface area contributed by atoms with Gasteiger partial charge in [0.25, 0.3) is 29.5 Å². The second-order valence-corrected chi connectivity index (χ2v) is 41.3. The fourth-order valence-corrected chi connectivity index (χ4v) is 22.5. The number of alkyl carbamates (subject to hydrolysis) is 1. The van der Waals surface area contributed by atoms with Crippen LogP contribution in [0.1, 0.15) is 176 Å². The molecule has 2 saturated heterocycles. The Morgan fingerprint density at radius 3 is 0.917 bits per heavy atom. The third kappa shape index (κ3) is 23.9. The monoisotopic (exact) mass is 2180 g/mol. The second-order valence-electron chi connectivity index (χ2n) is 35.0. The largest absolute Gasteiger partial charge is 0.450 e. The van der Waals surface area contributed by atoms with E-state index in [2.05, 4.69) is 40.3 Å². The molecule has 0 atom stereocenters. The van der Waals surface area contributed by atoms with Crippen molar-refractivity contribution in [3.8, 4) is 55.6 Å². The van der Waals surface area contributed by atoms with E-state index in [0.29, 0.717) is 256 Å². The number of carbonyl (C=O) groups excluding carboxylic acids is 9. The molecule has 0 bridgehead atoms. The van der Waals surface area contributed by atoms with Gasteiger partial charge in [-0.2, -0.15) is 0 Å². The van der Waals surface area contributed by atoms with E-state index in [1.807, 2.05) is 45.6 Å². The number of cyclic esters (lactones) is 1. The molecule has 7 aliphatic heterocycles. The van der Waals surface area contributed by atoms with E-state index in [1.165, 1.54) is 6.92 Å². The van der Waals surface area contributed by atoms with Crippen LogP contribution in [0.5, 0.6) is 0 Å². The van der Waals surface area contributed by atoms with Gasteiger partial charge < -0.3 is 83.1 Å². The number of aryl methyl sites for hydroxylation is 5. The summed E-state index contributed by atoms with van der Waals surface area (Å²) in [5.74, 6) is -0.744. The topological polar surface area (TPSA) is 460 Å². The van der Waals surface area contributed by atoms with Crippen molar-refractivity contribution in [2.45, 2.75) is 145 Å². The van der Waals surface area contributed by atoms with Gasteiger partial charge in [0.2, 0.25) is 21.8 Å². The van der Waals surface area contributed by atoms with Crippen molar-refractivity contribution < 1.29 is 61.0 Å². The number of hydrogen-bond acceptors (Lipinski definition) is 23. The van der Waals surface area contributed by atoms with Crippen molar-refractivity contribution in [1.82, 2.24) is 74.6 Å². The third-order valence-electron chi connectivity index (χ3n) is 25.8. The Balaban J connectivity index is 0.000000143. The number of likely N-dealkylation sites (tertiary alicyclic amines) is 1. The van der Waals surface area contributed by atoms with Gasteiger partial charge in [0.05, 0.1) is 107 Å². The standard InChI is InChI=1S/C21H22Cl2N4O2.C20H22Cl2N4O3S.C20H20Cl2N4O3.C20H22Cl2N4O3.C19H20Cl2N4O2/c1-12-15(10-24)19(14-5-4-13(22)9-16(14)23)20-17(25-12)11-27(21(20)29)8-7-26-6-2-3-18(26)28;1-11-15(9-23)18(14-5-2-12(21)8-16(14)22)19-17(25-11)10-26(20(19)27)7-6-24-30(28,29)13-3-4-13;1-11-14(9-23)17(13-3-2-12(21)8-15(13)22)18-16(24-11)10-26(19(18)27)5-4-25-6-7-29-20(25)28;1-3-29-20(28)24-6-7-26-10-16-18(19(26)27)17(14(9-23)11(2)25-16)13-5-4-12(21)8-15(13)22;1-10-14(8-22)17(13-4-3-12(20)7-15(13)21)18-16(24-10)9-25(19(18)27)6-5-23-11(2)26/h4-5,9H,2-3,6-8,10-11,24H2,1H3;2,5,8,13,24H,3-4,6-7,9-10,23H2,1H3;2-3,8H,4-7,9-10,23H2,1H3;4-5,8H,3,6-7,9-10,23H2,1-2H3,(H,24,28);3-4,7H,5-6,8-9,22H2,1-2H3,(H,23,26). The summed E-state index contributed by atoms with van der Waals surface area (Å²) in [5.41, 5.74) is 50.7. The predicted octanol–water partition coefficient (Wildman–Crippen LogP) is 15.9. The number of pyridine rings is 5. The lowest BCUT2D eigenvalue weighted by Gasteiger charge is -2.21. The van der Waals surface area contributed by atoms with Crippen LogP contribution in [0.25, 0.3) is 55.6 Å². The van der Waals surface area contributed by atoms with Crippen LogP contribution in [0, 0.1) is 34.6 Å². The SMILES string of the molecule is CC(=O)NCCN1Cc2nc(C)c(CN)c(-c3ccc(Cl)cc3Cl)c2C1=O.CCOC(=O)NCCN1Cc2nc(C)c(CN)c(-c3ccc(Cl)cc3Cl)c2C1=O.Cc1nc2c(c(-c3ccc(Cl)cc3Cl)c1CN)C(=O)N(CCN1CCCC1=O)C2.Cc1nc2c(c(-c3ccc(Cl)cc3Cl)c1CN)C(=O)N(CCN1CCOC1=O)C2.Cc1nc2c(c(-c3ccc(Cl)cc3Cl)c1CN)C(=O)N(CCNS(=O)(=O)C1CC1)C2. The number of nitrogens with two attached hydrogens (primary N) is 5. The molecule has 8 aliphatic rings. The second kappa shape index (κ2) is 47.4.